The summed E-state index contributed by atoms with van der Waals surface area (Å²) < 4.78 is 26.3. The van der Waals surface area contributed by atoms with Crippen molar-refractivity contribution in [1.29, 1.82) is 0 Å². The maximum Gasteiger partial charge on any atom is 0.278 e. The monoisotopic (exact) mass is 258 g/mol. The summed E-state index contributed by atoms with van der Waals surface area (Å²) in [6.45, 7) is 0.205. The Morgan fingerprint density at radius 2 is 1.88 bits per heavy atom. The van der Waals surface area contributed by atoms with Gasteiger partial charge in [0.15, 0.2) is 0 Å². The normalized spacial score (nSPS) is 13.9. The van der Waals surface area contributed by atoms with Crippen molar-refractivity contribution >= 4 is 10.2 Å². The third-order valence-corrected chi connectivity index (χ3v) is 3.90. The van der Waals surface area contributed by atoms with Gasteiger partial charge in [-0.05, 0) is 12.0 Å². The van der Waals surface area contributed by atoms with Gasteiger partial charge in [-0.15, -0.1) is 0 Å². The maximum atomic E-state index is 11.4. The molecule has 1 aromatic carbocycles. The van der Waals surface area contributed by atoms with Crippen molar-refractivity contribution in [2.45, 2.75) is 12.5 Å². The van der Waals surface area contributed by atoms with Crippen LogP contribution in [-0.2, 0) is 10.2 Å². The molecule has 0 fully saturated rings. The molecule has 0 bridgehead atoms. The molecule has 0 spiro atoms. The molecular formula is C11H18N2O3S. The van der Waals surface area contributed by atoms with Gasteiger partial charge in [-0.1, -0.05) is 30.3 Å². The summed E-state index contributed by atoms with van der Waals surface area (Å²) >= 11 is 0. The number of aliphatic hydroxyl groups excluding tert-OH is 1. The van der Waals surface area contributed by atoms with E-state index in [1.54, 1.807) is 0 Å². The van der Waals surface area contributed by atoms with Gasteiger partial charge < -0.3 is 5.11 Å². The SMILES string of the molecule is CN(C)S(=O)(=O)NCC[C@@H](O)c1ccccc1. The number of benzene rings is 1. The molecule has 96 valence electrons. The Kier molecular flexibility index (Phi) is 5.07. The van der Waals surface area contributed by atoms with E-state index in [0.29, 0.717) is 6.42 Å². The summed E-state index contributed by atoms with van der Waals surface area (Å²) in [5.74, 6) is 0. The van der Waals surface area contributed by atoms with Crippen LogP contribution in [0.25, 0.3) is 0 Å². The molecule has 1 atom stereocenters. The topological polar surface area (TPSA) is 69.6 Å². The molecule has 0 saturated heterocycles. The second-order valence-electron chi connectivity index (χ2n) is 3.90. The van der Waals surface area contributed by atoms with Crippen molar-refractivity contribution in [3.05, 3.63) is 35.9 Å². The van der Waals surface area contributed by atoms with Gasteiger partial charge in [-0.2, -0.15) is 12.7 Å². The minimum absolute atomic E-state index is 0.205. The summed E-state index contributed by atoms with van der Waals surface area (Å²) in [4.78, 5) is 0. The van der Waals surface area contributed by atoms with Crippen molar-refractivity contribution in [1.82, 2.24) is 9.03 Å². The van der Waals surface area contributed by atoms with Gasteiger partial charge in [-0.3, -0.25) is 0 Å². The van der Waals surface area contributed by atoms with E-state index in [1.165, 1.54) is 14.1 Å². The van der Waals surface area contributed by atoms with Gasteiger partial charge in [0.1, 0.15) is 0 Å². The predicted molar refractivity (Wildman–Crippen MR) is 66.6 cm³/mol. The molecule has 0 aliphatic carbocycles. The molecule has 0 aliphatic rings. The zero-order valence-corrected chi connectivity index (χ0v) is 10.8. The quantitative estimate of drug-likeness (QED) is 0.781. The lowest BCUT2D eigenvalue weighted by atomic mass is 10.1. The Bertz CT molecular complexity index is 431. The Balaban J connectivity index is 2.43. The molecule has 0 aliphatic heterocycles. The van der Waals surface area contributed by atoms with Crippen LogP contribution in [0.1, 0.15) is 18.1 Å². The van der Waals surface area contributed by atoms with Crippen LogP contribution in [0.4, 0.5) is 0 Å². The summed E-state index contributed by atoms with van der Waals surface area (Å²) in [7, 11) is -0.495. The zero-order chi connectivity index (χ0) is 12.9. The van der Waals surface area contributed by atoms with Crippen molar-refractivity contribution in [3.8, 4) is 0 Å². The van der Waals surface area contributed by atoms with Crippen LogP contribution in [0.3, 0.4) is 0 Å². The summed E-state index contributed by atoms with van der Waals surface area (Å²) in [6, 6.07) is 9.16. The van der Waals surface area contributed by atoms with Gasteiger partial charge >= 0.3 is 0 Å². The molecular weight excluding hydrogens is 240 g/mol. The van der Waals surface area contributed by atoms with Crippen molar-refractivity contribution in [2.75, 3.05) is 20.6 Å². The molecule has 17 heavy (non-hydrogen) atoms. The lowest BCUT2D eigenvalue weighted by Crippen LogP contribution is -2.36. The molecule has 1 rings (SSSR count). The minimum atomic E-state index is -3.40. The van der Waals surface area contributed by atoms with Crippen LogP contribution in [0.15, 0.2) is 30.3 Å². The molecule has 2 N–H and O–H groups in total. The second kappa shape index (κ2) is 6.11. The molecule has 0 amide bonds. The van der Waals surface area contributed by atoms with E-state index < -0.39 is 16.3 Å². The third kappa shape index (κ3) is 4.43. The first-order valence-electron chi connectivity index (χ1n) is 5.33. The van der Waals surface area contributed by atoms with Crippen LogP contribution < -0.4 is 4.72 Å². The highest BCUT2D eigenvalue weighted by atomic mass is 32.2. The lowest BCUT2D eigenvalue weighted by Gasteiger charge is -2.14. The molecule has 0 heterocycles. The van der Waals surface area contributed by atoms with E-state index in [2.05, 4.69) is 4.72 Å². The van der Waals surface area contributed by atoms with Gasteiger partial charge in [0.25, 0.3) is 10.2 Å². The molecule has 5 nitrogen and oxygen atoms in total. The zero-order valence-electron chi connectivity index (χ0n) is 10.00. The number of nitrogens with one attached hydrogen (secondary N) is 1. The number of aliphatic hydroxyl groups is 1. The third-order valence-electron chi connectivity index (χ3n) is 2.37. The molecule has 1 aromatic rings. The highest BCUT2D eigenvalue weighted by Crippen LogP contribution is 2.14. The van der Waals surface area contributed by atoms with Crippen LogP contribution in [0.5, 0.6) is 0 Å². The maximum absolute atomic E-state index is 11.4. The predicted octanol–water partition coefficient (Wildman–Crippen LogP) is 0.506. The number of hydrogen-bond donors (Lipinski definition) is 2. The first-order chi connectivity index (χ1) is 7.93. The highest BCUT2D eigenvalue weighted by Gasteiger charge is 2.13. The molecule has 0 unspecified atom stereocenters. The number of rotatable bonds is 6. The van der Waals surface area contributed by atoms with Gasteiger partial charge in [0.2, 0.25) is 0 Å². The van der Waals surface area contributed by atoms with Crippen LogP contribution in [0.2, 0.25) is 0 Å². The fraction of sp³-hybridized carbons (Fsp3) is 0.455. The molecule has 0 saturated carbocycles. The van der Waals surface area contributed by atoms with E-state index in [-0.39, 0.29) is 6.54 Å². The van der Waals surface area contributed by atoms with E-state index in [9.17, 15) is 13.5 Å². The van der Waals surface area contributed by atoms with E-state index in [0.717, 1.165) is 9.87 Å². The summed E-state index contributed by atoms with van der Waals surface area (Å²) in [5.41, 5.74) is 0.788. The van der Waals surface area contributed by atoms with Gasteiger partial charge in [-0.25, -0.2) is 4.72 Å². The van der Waals surface area contributed by atoms with Crippen LogP contribution in [0, 0.1) is 0 Å². The fourth-order valence-corrected chi connectivity index (χ4v) is 1.93. The second-order valence-corrected chi connectivity index (χ2v) is 5.87. The van der Waals surface area contributed by atoms with Gasteiger partial charge in [0.05, 0.1) is 6.10 Å². The Morgan fingerprint density at radius 3 is 2.41 bits per heavy atom. The van der Waals surface area contributed by atoms with Crippen molar-refractivity contribution in [3.63, 3.8) is 0 Å². The van der Waals surface area contributed by atoms with Crippen LogP contribution in [-0.4, -0.2) is 38.5 Å². The van der Waals surface area contributed by atoms with E-state index in [4.69, 9.17) is 0 Å². The standard InChI is InChI=1S/C11H18N2O3S/c1-13(2)17(15,16)12-9-8-11(14)10-6-4-3-5-7-10/h3-7,11-12,14H,8-9H2,1-2H3/t11-/m1/s1. The van der Waals surface area contributed by atoms with Crippen molar-refractivity contribution in [2.24, 2.45) is 0 Å². The Hall–Kier alpha value is -0.950. The summed E-state index contributed by atoms with van der Waals surface area (Å²) in [5, 5.41) is 9.81. The van der Waals surface area contributed by atoms with E-state index >= 15 is 0 Å². The van der Waals surface area contributed by atoms with Crippen molar-refractivity contribution < 1.29 is 13.5 Å². The average Bonchev–Trinajstić information content (AvgIpc) is 2.29. The highest BCUT2D eigenvalue weighted by molar-refractivity contribution is 7.87. The minimum Gasteiger partial charge on any atom is -0.388 e. The van der Waals surface area contributed by atoms with E-state index in [1.807, 2.05) is 30.3 Å². The smallest absolute Gasteiger partial charge is 0.278 e. The van der Waals surface area contributed by atoms with Gasteiger partial charge in [0, 0.05) is 20.6 Å². The molecule has 0 radical (unpaired) electrons. The first-order valence-corrected chi connectivity index (χ1v) is 6.77. The fourth-order valence-electron chi connectivity index (χ4n) is 1.30. The average molecular weight is 258 g/mol. The molecule has 6 heteroatoms. The lowest BCUT2D eigenvalue weighted by molar-refractivity contribution is 0.169. The summed E-state index contributed by atoms with van der Waals surface area (Å²) in [6.07, 6.45) is -0.307. The largest absolute Gasteiger partial charge is 0.388 e. The number of hydrogen-bond acceptors (Lipinski definition) is 3. The number of nitrogens with zero attached hydrogens (tertiary/aromatic N) is 1. The molecule has 0 aromatic heterocycles. The Morgan fingerprint density at radius 1 is 1.29 bits per heavy atom. The van der Waals surface area contributed by atoms with Crippen LogP contribution >= 0.6 is 0 Å². The first kappa shape index (κ1) is 14.1. The Labute approximate surface area is 102 Å².